The van der Waals surface area contributed by atoms with Gasteiger partial charge in [0.05, 0.1) is 6.10 Å². The molecule has 0 radical (unpaired) electrons. The summed E-state index contributed by atoms with van der Waals surface area (Å²) in [6.07, 6.45) is 2.54. The molecule has 0 unspecified atom stereocenters. The number of nitrogens with two attached hydrogens (primary N) is 1. The van der Waals surface area contributed by atoms with Gasteiger partial charge in [0.2, 0.25) is 5.91 Å². The van der Waals surface area contributed by atoms with E-state index < -0.39 is 36.0 Å². The summed E-state index contributed by atoms with van der Waals surface area (Å²) in [6.45, 7) is -0.107. The van der Waals surface area contributed by atoms with E-state index in [1.54, 1.807) is 5.48 Å². The van der Waals surface area contributed by atoms with Crippen molar-refractivity contribution in [2.45, 2.75) is 63.4 Å². The van der Waals surface area contributed by atoms with E-state index in [9.17, 15) is 19.5 Å². The zero-order chi connectivity index (χ0) is 20.5. The van der Waals surface area contributed by atoms with Crippen molar-refractivity contribution in [1.29, 1.82) is 0 Å². The molecule has 1 aromatic heterocycles. The topological polar surface area (TPSA) is 166 Å². The second-order valence-corrected chi connectivity index (χ2v) is 6.61. The summed E-state index contributed by atoms with van der Waals surface area (Å²) in [5, 5.41) is 18.5. The number of hydroxylamine groups is 1. The van der Waals surface area contributed by atoms with Crippen LogP contribution in [-0.2, 0) is 19.1 Å². The summed E-state index contributed by atoms with van der Waals surface area (Å²) < 4.78 is 12.0. The molecular weight excluding hydrogens is 372 g/mol. The maximum Gasteiger partial charge on any atom is 0.351 e. The highest BCUT2D eigenvalue weighted by Gasteiger charge is 2.36. The number of aliphatic hydroxyl groups is 1. The van der Waals surface area contributed by atoms with Crippen LogP contribution < -0.4 is 16.9 Å². The molecule has 0 aliphatic carbocycles. The number of aliphatic hydroxyl groups excluding tert-OH is 1. The number of carbonyl (C=O) groups is 2. The number of hydrogen-bond acceptors (Lipinski definition) is 9. The fourth-order valence-electron chi connectivity index (χ4n) is 2.89. The molecule has 1 aliphatic rings. The Kier molecular flexibility index (Phi) is 8.36. The predicted molar refractivity (Wildman–Crippen MR) is 96.0 cm³/mol. The Balaban J connectivity index is 1.66. The van der Waals surface area contributed by atoms with Gasteiger partial charge in [-0.15, -0.1) is 0 Å². The molecule has 0 bridgehead atoms. The Morgan fingerprint density at radius 3 is 2.71 bits per heavy atom. The first-order valence-corrected chi connectivity index (χ1v) is 9.17. The number of ether oxygens (including phenoxy) is 2. The first kappa shape index (κ1) is 21.8. The van der Waals surface area contributed by atoms with E-state index in [-0.39, 0.29) is 31.7 Å². The Labute approximate surface area is 161 Å². The first-order chi connectivity index (χ1) is 13.4. The number of aromatic nitrogens is 2. The van der Waals surface area contributed by atoms with Crippen molar-refractivity contribution in [2.75, 3.05) is 12.3 Å². The molecule has 0 saturated carbocycles. The van der Waals surface area contributed by atoms with Crippen LogP contribution in [0.2, 0.25) is 0 Å². The molecule has 2 rings (SSSR count). The van der Waals surface area contributed by atoms with Gasteiger partial charge in [-0.3, -0.25) is 19.4 Å². The summed E-state index contributed by atoms with van der Waals surface area (Å²) >= 11 is 0. The van der Waals surface area contributed by atoms with Crippen LogP contribution in [0, 0.1) is 0 Å². The second-order valence-electron chi connectivity index (χ2n) is 6.61. The molecule has 2 heterocycles. The minimum Gasteiger partial charge on any atom is -0.463 e. The Morgan fingerprint density at radius 2 is 2.04 bits per heavy atom. The molecule has 156 valence electrons. The smallest absolute Gasteiger partial charge is 0.351 e. The van der Waals surface area contributed by atoms with Crippen molar-refractivity contribution in [1.82, 2.24) is 15.0 Å². The summed E-state index contributed by atoms with van der Waals surface area (Å²) in [7, 11) is 0. The van der Waals surface area contributed by atoms with Gasteiger partial charge >= 0.3 is 11.7 Å². The van der Waals surface area contributed by atoms with Crippen molar-refractivity contribution in [3.8, 4) is 0 Å². The highest BCUT2D eigenvalue weighted by Crippen LogP contribution is 2.28. The van der Waals surface area contributed by atoms with Crippen LogP contribution in [0.25, 0.3) is 0 Å². The molecule has 28 heavy (non-hydrogen) atoms. The lowest BCUT2D eigenvalue weighted by atomic mass is 10.1. The van der Waals surface area contributed by atoms with Crippen LogP contribution >= 0.6 is 0 Å². The number of unbranched alkanes of at least 4 members (excludes halogenated alkanes) is 3. The second kappa shape index (κ2) is 10.7. The number of hydrogen-bond donors (Lipinski definition) is 4. The third-order valence-electron chi connectivity index (χ3n) is 4.43. The maximum absolute atomic E-state index is 11.8. The monoisotopic (exact) mass is 398 g/mol. The molecule has 1 amide bonds. The molecule has 3 atom stereocenters. The van der Waals surface area contributed by atoms with E-state index in [1.807, 2.05) is 0 Å². The predicted octanol–water partition coefficient (Wildman–Crippen LogP) is -0.137. The molecule has 0 spiro atoms. The SMILES string of the molecule is Nc1ccn([C@H]2C[C@H](O)[C@@H](COC(=O)CCCCCCC(=O)NO)O2)c(=O)n1. The average molecular weight is 398 g/mol. The highest BCUT2D eigenvalue weighted by atomic mass is 16.6. The van der Waals surface area contributed by atoms with Gasteiger partial charge in [-0.25, -0.2) is 10.3 Å². The van der Waals surface area contributed by atoms with Crippen molar-refractivity contribution in [2.24, 2.45) is 0 Å². The van der Waals surface area contributed by atoms with Crippen LogP contribution in [0.4, 0.5) is 5.82 Å². The van der Waals surface area contributed by atoms with Gasteiger partial charge in [0.1, 0.15) is 24.8 Å². The largest absolute Gasteiger partial charge is 0.463 e. The third kappa shape index (κ3) is 6.59. The number of amides is 1. The molecule has 11 heteroatoms. The molecule has 1 fully saturated rings. The molecule has 1 aromatic rings. The molecular formula is C17H26N4O7. The number of esters is 1. The van der Waals surface area contributed by atoms with Crippen LogP contribution in [0.15, 0.2) is 17.1 Å². The number of nitrogens with one attached hydrogen (secondary N) is 1. The van der Waals surface area contributed by atoms with Crippen LogP contribution in [0.5, 0.6) is 0 Å². The van der Waals surface area contributed by atoms with E-state index >= 15 is 0 Å². The number of rotatable bonds is 10. The van der Waals surface area contributed by atoms with E-state index in [0.29, 0.717) is 12.8 Å². The zero-order valence-electron chi connectivity index (χ0n) is 15.5. The van der Waals surface area contributed by atoms with Crippen LogP contribution in [0.1, 0.15) is 51.2 Å². The Morgan fingerprint density at radius 1 is 1.32 bits per heavy atom. The van der Waals surface area contributed by atoms with Crippen LogP contribution in [-0.4, -0.2) is 50.6 Å². The van der Waals surface area contributed by atoms with E-state index in [1.165, 1.54) is 16.8 Å². The standard InChI is InChI=1S/C17H26N4O7/c18-13-7-8-21(17(25)19-13)15-9-11(22)12(28-15)10-27-16(24)6-4-2-1-3-5-14(23)20-26/h7-8,11-12,15,22,26H,1-6,9-10H2,(H,20,23)(H2,18,19,25)/t11-,12+,15+/m0/s1. The normalized spacial score (nSPS) is 21.4. The maximum atomic E-state index is 11.8. The minimum atomic E-state index is -0.875. The summed E-state index contributed by atoms with van der Waals surface area (Å²) in [6, 6.07) is 1.46. The van der Waals surface area contributed by atoms with Gasteiger partial charge in [-0.05, 0) is 18.9 Å². The number of carbonyl (C=O) groups excluding carboxylic acids is 2. The van der Waals surface area contributed by atoms with Crippen molar-refractivity contribution < 1.29 is 29.4 Å². The third-order valence-corrected chi connectivity index (χ3v) is 4.43. The molecule has 1 saturated heterocycles. The average Bonchev–Trinajstić information content (AvgIpc) is 3.02. The van der Waals surface area contributed by atoms with Gasteiger partial charge in [0.25, 0.3) is 0 Å². The van der Waals surface area contributed by atoms with Gasteiger partial charge in [-0.2, -0.15) is 4.98 Å². The summed E-state index contributed by atoms with van der Waals surface area (Å²) in [5.41, 5.74) is 6.44. The summed E-state index contributed by atoms with van der Waals surface area (Å²) in [4.78, 5) is 38.1. The molecule has 5 N–H and O–H groups in total. The van der Waals surface area contributed by atoms with Gasteiger partial charge in [-0.1, -0.05) is 12.8 Å². The lowest BCUT2D eigenvalue weighted by Crippen LogP contribution is -2.29. The number of nitrogen functional groups attached to an aromatic ring is 1. The zero-order valence-corrected chi connectivity index (χ0v) is 15.5. The fourth-order valence-corrected chi connectivity index (χ4v) is 2.89. The number of nitrogens with zero attached hydrogens (tertiary/aromatic N) is 2. The van der Waals surface area contributed by atoms with Crippen molar-refractivity contribution in [3.05, 3.63) is 22.7 Å². The van der Waals surface area contributed by atoms with E-state index in [0.717, 1.165) is 12.8 Å². The van der Waals surface area contributed by atoms with Crippen molar-refractivity contribution in [3.63, 3.8) is 0 Å². The van der Waals surface area contributed by atoms with Gasteiger partial charge < -0.3 is 20.3 Å². The van der Waals surface area contributed by atoms with Gasteiger partial charge in [0, 0.05) is 25.5 Å². The van der Waals surface area contributed by atoms with Crippen LogP contribution in [0.3, 0.4) is 0 Å². The Hall–Kier alpha value is -2.50. The highest BCUT2D eigenvalue weighted by molar-refractivity contribution is 5.74. The fraction of sp³-hybridized carbons (Fsp3) is 0.647. The van der Waals surface area contributed by atoms with E-state index in [2.05, 4.69) is 4.98 Å². The van der Waals surface area contributed by atoms with Gasteiger partial charge in [0.15, 0.2) is 0 Å². The summed E-state index contributed by atoms with van der Waals surface area (Å²) in [5.74, 6) is -0.731. The quantitative estimate of drug-likeness (QED) is 0.182. The Bertz CT molecular complexity index is 724. The number of anilines is 1. The molecule has 0 aromatic carbocycles. The van der Waals surface area contributed by atoms with E-state index in [4.69, 9.17) is 20.4 Å². The minimum absolute atomic E-state index is 0.0990. The lowest BCUT2D eigenvalue weighted by molar-refractivity contribution is -0.150. The molecule has 1 aliphatic heterocycles. The first-order valence-electron chi connectivity index (χ1n) is 9.17. The van der Waals surface area contributed by atoms with Crippen molar-refractivity contribution >= 4 is 17.7 Å². The molecule has 11 nitrogen and oxygen atoms in total. The lowest BCUT2D eigenvalue weighted by Gasteiger charge is -2.16.